The van der Waals surface area contributed by atoms with Crippen LogP contribution in [-0.2, 0) is 0 Å². The number of methoxy groups -OCH3 is 1. The van der Waals surface area contributed by atoms with Crippen molar-refractivity contribution in [1.82, 2.24) is 9.78 Å². The van der Waals surface area contributed by atoms with Crippen LogP contribution in [0.15, 0.2) is 41.2 Å². The van der Waals surface area contributed by atoms with Crippen molar-refractivity contribution in [2.24, 2.45) is 0 Å². The highest BCUT2D eigenvalue weighted by molar-refractivity contribution is 6.32. The fraction of sp³-hybridized carbons (Fsp3) is 0.0526. The molecule has 7 nitrogen and oxygen atoms in total. The maximum Gasteiger partial charge on any atom is 0.335 e. The number of carbonyl (C=O) groups is 1. The molecule has 3 rings (SSSR count). The number of benzene rings is 2. The van der Waals surface area contributed by atoms with Crippen LogP contribution in [-0.4, -0.2) is 33.1 Å². The Bertz CT molecular complexity index is 1190. The van der Waals surface area contributed by atoms with E-state index in [4.69, 9.17) is 21.4 Å². The summed E-state index contributed by atoms with van der Waals surface area (Å²) in [5, 5.41) is 22.4. The van der Waals surface area contributed by atoms with Crippen LogP contribution in [0.2, 0.25) is 5.02 Å². The molecule has 8 heteroatoms. The summed E-state index contributed by atoms with van der Waals surface area (Å²) < 4.78 is 6.32. The number of phenols is 1. The smallest absolute Gasteiger partial charge is 0.335 e. The molecular formula is C19H15ClN2O5. The van der Waals surface area contributed by atoms with Gasteiger partial charge in [0, 0.05) is 0 Å². The Hall–Kier alpha value is -3.45. The SMILES string of the molecule is C=c1[nH]n(-c2ccc(C(=O)O)cc2)c(=O)/c1=C/c1cc(Cl)c(O)c(OC)c1. The molecule has 0 atom stereocenters. The van der Waals surface area contributed by atoms with E-state index in [1.54, 1.807) is 12.1 Å². The summed E-state index contributed by atoms with van der Waals surface area (Å²) in [5.74, 6) is -1.05. The molecule has 0 radical (unpaired) electrons. The van der Waals surface area contributed by atoms with Crippen LogP contribution in [0.4, 0.5) is 0 Å². The predicted molar refractivity (Wildman–Crippen MR) is 101 cm³/mol. The second-order valence-corrected chi connectivity index (χ2v) is 6.10. The van der Waals surface area contributed by atoms with E-state index >= 15 is 0 Å². The molecule has 0 unspecified atom stereocenters. The number of nitrogens with one attached hydrogen (secondary N) is 1. The third-order valence-corrected chi connectivity index (χ3v) is 4.25. The van der Waals surface area contributed by atoms with Gasteiger partial charge in [0.15, 0.2) is 11.5 Å². The molecule has 0 bridgehead atoms. The summed E-state index contributed by atoms with van der Waals surface area (Å²) >= 11 is 5.98. The van der Waals surface area contributed by atoms with Crippen molar-refractivity contribution in [3.63, 3.8) is 0 Å². The van der Waals surface area contributed by atoms with Crippen LogP contribution >= 0.6 is 11.6 Å². The van der Waals surface area contributed by atoms with Gasteiger partial charge in [-0.2, -0.15) is 0 Å². The van der Waals surface area contributed by atoms with Crippen LogP contribution in [0.1, 0.15) is 15.9 Å². The van der Waals surface area contributed by atoms with E-state index in [1.165, 1.54) is 42.1 Å². The van der Waals surface area contributed by atoms with Crippen molar-refractivity contribution < 1.29 is 19.7 Å². The molecule has 0 amide bonds. The number of aromatic hydroxyl groups is 1. The Morgan fingerprint density at radius 3 is 2.56 bits per heavy atom. The molecule has 1 aromatic heterocycles. The maximum atomic E-state index is 12.8. The highest BCUT2D eigenvalue weighted by Gasteiger charge is 2.10. The highest BCUT2D eigenvalue weighted by Crippen LogP contribution is 2.34. The van der Waals surface area contributed by atoms with E-state index in [2.05, 4.69) is 11.7 Å². The molecule has 0 aliphatic carbocycles. The zero-order chi connectivity index (χ0) is 19.7. The molecule has 0 spiro atoms. The second-order valence-electron chi connectivity index (χ2n) is 5.69. The van der Waals surface area contributed by atoms with Gasteiger partial charge >= 0.3 is 5.97 Å². The summed E-state index contributed by atoms with van der Waals surface area (Å²) in [5.41, 5.74) is 0.761. The molecule has 2 aromatic carbocycles. The van der Waals surface area contributed by atoms with Gasteiger partial charge in [0.05, 0.1) is 34.0 Å². The van der Waals surface area contributed by atoms with Gasteiger partial charge in [0.2, 0.25) is 0 Å². The van der Waals surface area contributed by atoms with Gasteiger partial charge in [0.1, 0.15) is 0 Å². The number of aromatic carboxylic acids is 1. The van der Waals surface area contributed by atoms with E-state index in [-0.39, 0.29) is 27.6 Å². The fourth-order valence-corrected chi connectivity index (χ4v) is 2.80. The lowest BCUT2D eigenvalue weighted by molar-refractivity contribution is 0.0697. The average Bonchev–Trinajstić information content (AvgIpc) is 2.92. The number of H-pyrrole nitrogens is 1. The van der Waals surface area contributed by atoms with Crippen LogP contribution in [0.5, 0.6) is 11.5 Å². The van der Waals surface area contributed by atoms with Gasteiger partial charge in [-0.05, 0) is 48.0 Å². The number of hydrogen-bond acceptors (Lipinski definition) is 4. The van der Waals surface area contributed by atoms with Crippen molar-refractivity contribution in [3.05, 3.63) is 73.5 Å². The van der Waals surface area contributed by atoms with E-state index in [0.29, 0.717) is 21.8 Å². The lowest BCUT2D eigenvalue weighted by Crippen LogP contribution is -2.33. The summed E-state index contributed by atoms with van der Waals surface area (Å²) in [6.45, 7) is 3.84. The molecule has 27 heavy (non-hydrogen) atoms. The average molecular weight is 387 g/mol. The molecule has 138 valence electrons. The first-order valence-corrected chi connectivity index (χ1v) is 8.11. The molecule has 0 fully saturated rings. The Balaban J connectivity index is 2.13. The van der Waals surface area contributed by atoms with E-state index in [0.717, 1.165) is 0 Å². The Labute approximate surface area is 158 Å². The number of ether oxygens (including phenoxy) is 1. The van der Waals surface area contributed by atoms with Crippen LogP contribution in [0.25, 0.3) is 18.3 Å². The molecular weight excluding hydrogens is 372 g/mol. The van der Waals surface area contributed by atoms with E-state index in [9.17, 15) is 14.7 Å². The van der Waals surface area contributed by atoms with Gasteiger partial charge in [-0.15, -0.1) is 0 Å². The number of carboxylic acids is 1. The number of carboxylic acid groups (broad SMARTS) is 1. The normalized spacial score (nSPS) is 11.6. The van der Waals surface area contributed by atoms with Gasteiger partial charge < -0.3 is 14.9 Å². The number of rotatable bonds is 4. The summed E-state index contributed by atoms with van der Waals surface area (Å²) in [6, 6.07) is 8.88. The first-order chi connectivity index (χ1) is 12.8. The molecule has 0 aliphatic heterocycles. The lowest BCUT2D eigenvalue weighted by atomic mass is 10.1. The first-order valence-electron chi connectivity index (χ1n) is 7.73. The van der Waals surface area contributed by atoms with Crippen molar-refractivity contribution >= 4 is 30.2 Å². The second kappa shape index (κ2) is 7.05. The standard InChI is InChI=1S/C19H15ClN2O5/c1-10-14(7-11-8-15(20)17(23)16(9-11)27-2)18(24)22(21-10)13-5-3-12(4-6-13)19(25)26/h3-9,21,23H,1H2,2H3,(H,25,26)/b14-7+. The third-order valence-electron chi connectivity index (χ3n) is 3.96. The Morgan fingerprint density at radius 1 is 1.30 bits per heavy atom. The quantitative estimate of drug-likeness (QED) is 0.630. The fourth-order valence-electron chi connectivity index (χ4n) is 2.58. The molecule has 3 aromatic rings. The number of hydrogen-bond donors (Lipinski definition) is 3. The number of aromatic amines is 1. The first kappa shape index (κ1) is 18.3. The monoisotopic (exact) mass is 386 g/mol. The van der Waals surface area contributed by atoms with Gasteiger partial charge in [-0.3, -0.25) is 9.89 Å². The minimum Gasteiger partial charge on any atom is -0.503 e. The molecule has 0 saturated heterocycles. The summed E-state index contributed by atoms with van der Waals surface area (Å²) in [4.78, 5) is 23.7. The number of halogens is 1. The van der Waals surface area contributed by atoms with Crippen molar-refractivity contribution in [1.29, 1.82) is 0 Å². The highest BCUT2D eigenvalue weighted by atomic mass is 35.5. The Kier molecular flexibility index (Phi) is 4.79. The number of aromatic nitrogens is 2. The largest absolute Gasteiger partial charge is 0.503 e. The van der Waals surface area contributed by atoms with E-state index < -0.39 is 5.97 Å². The number of phenolic OH excluding ortho intramolecular Hbond substituents is 1. The van der Waals surface area contributed by atoms with Crippen molar-refractivity contribution in [3.8, 4) is 17.2 Å². The van der Waals surface area contributed by atoms with Gasteiger partial charge in [-0.25, -0.2) is 9.48 Å². The van der Waals surface area contributed by atoms with Crippen molar-refractivity contribution in [2.45, 2.75) is 0 Å². The maximum absolute atomic E-state index is 12.8. The third kappa shape index (κ3) is 3.45. The predicted octanol–water partition coefficient (Wildman–Crippen LogP) is 1.47. The summed E-state index contributed by atoms with van der Waals surface area (Å²) in [6.07, 6.45) is 1.57. The summed E-state index contributed by atoms with van der Waals surface area (Å²) in [7, 11) is 1.39. The van der Waals surface area contributed by atoms with Gasteiger partial charge in [-0.1, -0.05) is 18.2 Å². The van der Waals surface area contributed by atoms with Crippen molar-refractivity contribution in [2.75, 3.05) is 7.11 Å². The lowest BCUT2D eigenvalue weighted by Gasteiger charge is -2.05. The zero-order valence-corrected chi connectivity index (χ0v) is 14.9. The zero-order valence-electron chi connectivity index (χ0n) is 14.2. The topological polar surface area (TPSA) is 105 Å². The minimum absolute atomic E-state index is 0.0892. The Morgan fingerprint density at radius 2 is 1.96 bits per heavy atom. The molecule has 0 saturated carbocycles. The minimum atomic E-state index is -1.05. The van der Waals surface area contributed by atoms with Crippen LogP contribution < -0.4 is 20.9 Å². The van der Waals surface area contributed by atoms with Crippen LogP contribution in [0, 0.1) is 0 Å². The molecule has 0 aliphatic rings. The van der Waals surface area contributed by atoms with E-state index in [1.807, 2.05) is 0 Å². The van der Waals surface area contributed by atoms with Crippen LogP contribution in [0.3, 0.4) is 0 Å². The molecule has 3 N–H and O–H groups in total. The molecule has 1 heterocycles. The van der Waals surface area contributed by atoms with Gasteiger partial charge in [0.25, 0.3) is 5.56 Å². The number of nitrogens with zero attached hydrogens (tertiary/aromatic N) is 1.